The van der Waals surface area contributed by atoms with Gasteiger partial charge in [-0.05, 0) is 33.2 Å². The molecule has 2 heterocycles. The van der Waals surface area contributed by atoms with E-state index in [-0.39, 0.29) is 24.8 Å². The maximum atomic E-state index is 4.43. The minimum Gasteiger partial charge on any atom is -0.337 e. The number of piperidine rings is 1. The molecule has 0 bridgehead atoms. The predicted molar refractivity (Wildman–Crippen MR) is 84.3 cm³/mol. The van der Waals surface area contributed by atoms with Crippen molar-refractivity contribution < 1.29 is 0 Å². The predicted octanol–water partition coefficient (Wildman–Crippen LogP) is 2.23. The highest BCUT2D eigenvalue weighted by molar-refractivity contribution is 5.85. The summed E-state index contributed by atoms with van der Waals surface area (Å²) in [5.74, 6) is 1.16. The van der Waals surface area contributed by atoms with Crippen LogP contribution >= 0.6 is 24.8 Å². The van der Waals surface area contributed by atoms with Crippen molar-refractivity contribution in [3.63, 3.8) is 0 Å². The van der Waals surface area contributed by atoms with E-state index in [4.69, 9.17) is 0 Å². The quantitative estimate of drug-likeness (QED) is 0.926. The Hall–Kier alpha value is -0.290. The van der Waals surface area contributed by atoms with Crippen molar-refractivity contribution in [3.05, 3.63) is 18.2 Å². The maximum Gasteiger partial charge on any atom is 0.122 e. The normalized spacial score (nSPS) is 19.1. The van der Waals surface area contributed by atoms with Crippen LogP contribution in [0, 0.1) is 0 Å². The second-order valence-corrected chi connectivity index (χ2v) is 5.22. The van der Waals surface area contributed by atoms with Gasteiger partial charge >= 0.3 is 0 Å². The van der Waals surface area contributed by atoms with E-state index in [0.29, 0.717) is 12.1 Å². The fourth-order valence-electron chi connectivity index (χ4n) is 2.56. The molecule has 4 nitrogen and oxygen atoms in total. The van der Waals surface area contributed by atoms with Gasteiger partial charge in [-0.25, -0.2) is 4.98 Å². The van der Waals surface area contributed by atoms with Gasteiger partial charge in [0.1, 0.15) is 5.82 Å². The van der Waals surface area contributed by atoms with Crippen LogP contribution in [0.5, 0.6) is 0 Å². The molecule has 1 atom stereocenters. The molecule has 1 saturated heterocycles. The lowest BCUT2D eigenvalue weighted by atomic mass is 10.0. The van der Waals surface area contributed by atoms with Crippen molar-refractivity contribution in [1.82, 2.24) is 19.8 Å². The SMILES string of the molecule is CC(C)N(Cc1nccn1C)C1CCCNC1.Cl.Cl. The minimum absolute atomic E-state index is 0. The molecule has 1 aromatic heterocycles. The lowest BCUT2D eigenvalue weighted by Crippen LogP contribution is -2.48. The van der Waals surface area contributed by atoms with E-state index in [1.54, 1.807) is 0 Å². The number of nitrogens with one attached hydrogen (secondary N) is 1. The van der Waals surface area contributed by atoms with E-state index >= 15 is 0 Å². The summed E-state index contributed by atoms with van der Waals surface area (Å²) < 4.78 is 2.12. The van der Waals surface area contributed by atoms with Crippen LogP contribution < -0.4 is 5.32 Å². The van der Waals surface area contributed by atoms with Gasteiger partial charge in [-0.15, -0.1) is 24.8 Å². The third-order valence-corrected chi connectivity index (χ3v) is 3.65. The molecular formula is C13H26Cl2N4. The van der Waals surface area contributed by atoms with E-state index < -0.39 is 0 Å². The molecule has 19 heavy (non-hydrogen) atoms. The fourth-order valence-corrected chi connectivity index (χ4v) is 2.56. The second kappa shape index (κ2) is 8.80. The summed E-state index contributed by atoms with van der Waals surface area (Å²) in [5, 5.41) is 3.50. The Morgan fingerprint density at radius 2 is 2.21 bits per heavy atom. The zero-order valence-electron chi connectivity index (χ0n) is 12.0. The van der Waals surface area contributed by atoms with Crippen LogP contribution in [0.3, 0.4) is 0 Å². The van der Waals surface area contributed by atoms with Gasteiger partial charge in [0, 0.05) is 38.1 Å². The molecular weight excluding hydrogens is 283 g/mol. The molecule has 2 rings (SSSR count). The van der Waals surface area contributed by atoms with Crippen molar-refractivity contribution in [2.24, 2.45) is 7.05 Å². The van der Waals surface area contributed by atoms with Gasteiger partial charge < -0.3 is 9.88 Å². The van der Waals surface area contributed by atoms with Crippen molar-refractivity contribution in [2.45, 2.75) is 45.3 Å². The molecule has 0 radical (unpaired) electrons. The lowest BCUT2D eigenvalue weighted by Gasteiger charge is -2.37. The van der Waals surface area contributed by atoms with E-state index in [9.17, 15) is 0 Å². The van der Waals surface area contributed by atoms with Gasteiger partial charge in [0.25, 0.3) is 0 Å². The van der Waals surface area contributed by atoms with Crippen molar-refractivity contribution in [3.8, 4) is 0 Å². The summed E-state index contributed by atoms with van der Waals surface area (Å²) in [6.07, 6.45) is 6.49. The molecule has 1 aromatic rings. The molecule has 6 heteroatoms. The summed E-state index contributed by atoms with van der Waals surface area (Å²) in [7, 11) is 2.07. The van der Waals surface area contributed by atoms with Crippen LogP contribution in [0.25, 0.3) is 0 Å². The Morgan fingerprint density at radius 3 is 2.68 bits per heavy atom. The van der Waals surface area contributed by atoms with Gasteiger partial charge in [0.15, 0.2) is 0 Å². The van der Waals surface area contributed by atoms with Crippen LogP contribution in [-0.4, -0.2) is 39.6 Å². The van der Waals surface area contributed by atoms with E-state index in [1.807, 2.05) is 12.4 Å². The van der Waals surface area contributed by atoms with Crippen LogP contribution in [0.4, 0.5) is 0 Å². The van der Waals surface area contributed by atoms with Crippen molar-refractivity contribution >= 4 is 24.8 Å². The topological polar surface area (TPSA) is 33.1 Å². The lowest BCUT2D eigenvalue weighted by molar-refractivity contribution is 0.116. The molecule has 1 aliphatic rings. The first-order valence-electron chi connectivity index (χ1n) is 6.61. The molecule has 1 N–H and O–H groups in total. The standard InChI is InChI=1S/C13H24N4.2ClH/c1-11(2)17(12-5-4-6-14-9-12)10-13-15-7-8-16(13)3;;/h7-8,11-12,14H,4-6,9-10H2,1-3H3;2*1H. The zero-order chi connectivity index (χ0) is 12.3. The Kier molecular flexibility index (Phi) is 8.66. The Morgan fingerprint density at radius 1 is 1.47 bits per heavy atom. The van der Waals surface area contributed by atoms with Gasteiger partial charge in [0.2, 0.25) is 0 Å². The molecule has 1 fully saturated rings. The van der Waals surface area contributed by atoms with Crippen molar-refractivity contribution in [2.75, 3.05) is 13.1 Å². The molecule has 1 unspecified atom stereocenters. The Balaban J connectivity index is 0.00000162. The van der Waals surface area contributed by atoms with E-state index in [2.05, 4.69) is 40.7 Å². The number of nitrogens with zero attached hydrogens (tertiary/aromatic N) is 3. The summed E-state index contributed by atoms with van der Waals surface area (Å²) >= 11 is 0. The summed E-state index contributed by atoms with van der Waals surface area (Å²) in [6.45, 7) is 7.79. The van der Waals surface area contributed by atoms with E-state index in [1.165, 1.54) is 19.4 Å². The molecule has 0 spiro atoms. The first kappa shape index (κ1) is 18.7. The molecule has 1 aliphatic heterocycles. The summed E-state index contributed by atoms with van der Waals surface area (Å²) in [5.41, 5.74) is 0. The van der Waals surface area contributed by atoms with Gasteiger partial charge in [-0.2, -0.15) is 0 Å². The number of imidazole rings is 1. The van der Waals surface area contributed by atoms with Crippen LogP contribution in [0.2, 0.25) is 0 Å². The smallest absolute Gasteiger partial charge is 0.122 e. The van der Waals surface area contributed by atoms with E-state index in [0.717, 1.165) is 18.9 Å². The van der Waals surface area contributed by atoms with Gasteiger partial charge in [-0.1, -0.05) is 0 Å². The highest BCUT2D eigenvalue weighted by Gasteiger charge is 2.24. The maximum absolute atomic E-state index is 4.43. The highest BCUT2D eigenvalue weighted by Crippen LogP contribution is 2.16. The molecule has 0 saturated carbocycles. The average Bonchev–Trinajstić information content (AvgIpc) is 2.72. The minimum atomic E-state index is 0. The molecule has 112 valence electrons. The van der Waals surface area contributed by atoms with Gasteiger partial charge in [0.05, 0.1) is 6.54 Å². The third-order valence-electron chi connectivity index (χ3n) is 3.65. The summed E-state index contributed by atoms with van der Waals surface area (Å²) in [4.78, 5) is 7.00. The Bertz CT molecular complexity index is 348. The first-order chi connectivity index (χ1) is 8.18. The number of hydrogen-bond acceptors (Lipinski definition) is 3. The largest absolute Gasteiger partial charge is 0.337 e. The first-order valence-corrected chi connectivity index (χ1v) is 6.61. The number of aromatic nitrogens is 2. The molecule has 0 aliphatic carbocycles. The zero-order valence-corrected chi connectivity index (χ0v) is 13.6. The number of aryl methyl sites for hydroxylation is 1. The number of rotatable bonds is 4. The number of halogens is 2. The van der Waals surface area contributed by atoms with Crippen LogP contribution in [-0.2, 0) is 13.6 Å². The van der Waals surface area contributed by atoms with Crippen LogP contribution in [0.1, 0.15) is 32.5 Å². The number of hydrogen-bond donors (Lipinski definition) is 1. The second-order valence-electron chi connectivity index (χ2n) is 5.22. The fraction of sp³-hybridized carbons (Fsp3) is 0.769. The summed E-state index contributed by atoms with van der Waals surface area (Å²) in [6, 6.07) is 1.22. The third kappa shape index (κ3) is 4.95. The monoisotopic (exact) mass is 308 g/mol. The average molecular weight is 309 g/mol. The van der Waals surface area contributed by atoms with Gasteiger partial charge in [-0.3, -0.25) is 4.90 Å². The Labute approximate surface area is 128 Å². The van der Waals surface area contributed by atoms with Crippen LogP contribution in [0.15, 0.2) is 12.4 Å². The van der Waals surface area contributed by atoms with Crippen molar-refractivity contribution in [1.29, 1.82) is 0 Å². The molecule has 0 aromatic carbocycles. The highest BCUT2D eigenvalue weighted by atomic mass is 35.5. The molecule has 0 amide bonds.